The average Bonchev–Trinajstić information content (AvgIpc) is 3.02. The molecule has 3 aromatic rings. The maximum atomic E-state index is 13.0. The van der Waals surface area contributed by atoms with Crippen LogP contribution < -0.4 is 5.32 Å². The number of carbonyl (C=O) groups is 1. The molecule has 0 fully saturated rings. The van der Waals surface area contributed by atoms with Crippen LogP contribution in [0.5, 0.6) is 0 Å². The number of halogens is 1. The Morgan fingerprint density at radius 3 is 2.54 bits per heavy atom. The molecule has 0 aliphatic rings. The van der Waals surface area contributed by atoms with Crippen LogP contribution in [-0.4, -0.2) is 26.4 Å². The molecule has 2 aromatic carbocycles. The van der Waals surface area contributed by atoms with E-state index in [2.05, 4.69) is 15.5 Å². The molecular formula is C19H19FN4OS. The predicted molar refractivity (Wildman–Crippen MR) is 100 cm³/mol. The van der Waals surface area contributed by atoms with E-state index in [1.165, 1.54) is 23.9 Å². The first-order chi connectivity index (χ1) is 12.5. The van der Waals surface area contributed by atoms with Gasteiger partial charge in [-0.2, -0.15) is 0 Å². The van der Waals surface area contributed by atoms with Crippen LogP contribution in [0, 0.1) is 5.82 Å². The Labute approximate surface area is 155 Å². The highest BCUT2D eigenvalue weighted by Gasteiger charge is 2.14. The number of aromatic nitrogens is 3. The Balaban J connectivity index is 1.58. The van der Waals surface area contributed by atoms with Crippen molar-refractivity contribution < 1.29 is 9.18 Å². The van der Waals surface area contributed by atoms with Crippen LogP contribution in [0.3, 0.4) is 0 Å². The molecule has 5 nitrogen and oxygen atoms in total. The lowest BCUT2D eigenvalue weighted by molar-refractivity contribution is -0.119. The summed E-state index contributed by atoms with van der Waals surface area (Å²) in [5.74, 6) is 0.579. The van der Waals surface area contributed by atoms with Gasteiger partial charge < -0.3 is 9.88 Å². The molecule has 1 N–H and O–H groups in total. The van der Waals surface area contributed by atoms with Crippen molar-refractivity contribution in [1.82, 2.24) is 20.1 Å². The third-order valence-corrected chi connectivity index (χ3v) is 4.97. The van der Waals surface area contributed by atoms with E-state index in [0.29, 0.717) is 5.16 Å². The summed E-state index contributed by atoms with van der Waals surface area (Å²) >= 11 is 1.33. The predicted octanol–water partition coefficient (Wildman–Crippen LogP) is 3.59. The largest absolute Gasteiger partial charge is 0.349 e. The fraction of sp³-hybridized carbons (Fsp3) is 0.211. The molecule has 0 aliphatic heterocycles. The van der Waals surface area contributed by atoms with Crippen molar-refractivity contribution >= 4 is 17.7 Å². The van der Waals surface area contributed by atoms with E-state index in [4.69, 9.17) is 0 Å². The Bertz CT molecular complexity index is 880. The number of carbonyl (C=O) groups excluding carboxylic acids is 1. The van der Waals surface area contributed by atoms with Crippen LogP contribution >= 0.6 is 11.8 Å². The molecule has 0 aliphatic carbocycles. The Morgan fingerprint density at radius 1 is 1.15 bits per heavy atom. The Morgan fingerprint density at radius 2 is 1.85 bits per heavy atom. The van der Waals surface area contributed by atoms with Crippen LogP contribution in [0.25, 0.3) is 11.4 Å². The molecule has 0 spiro atoms. The van der Waals surface area contributed by atoms with Crippen molar-refractivity contribution in [2.75, 3.05) is 5.75 Å². The summed E-state index contributed by atoms with van der Waals surface area (Å²) in [6.45, 7) is 1.87. The van der Waals surface area contributed by atoms with Crippen LogP contribution in [0.1, 0.15) is 18.5 Å². The topological polar surface area (TPSA) is 59.8 Å². The fourth-order valence-corrected chi connectivity index (χ4v) is 3.25. The summed E-state index contributed by atoms with van der Waals surface area (Å²) in [6.07, 6.45) is 0. The van der Waals surface area contributed by atoms with Crippen molar-refractivity contribution in [3.05, 3.63) is 66.0 Å². The van der Waals surface area contributed by atoms with Gasteiger partial charge in [0, 0.05) is 12.6 Å². The minimum atomic E-state index is -0.292. The zero-order chi connectivity index (χ0) is 18.5. The van der Waals surface area contributed by atoms with Gasteiger partial charge in [-0.25, -0.2) is 4.39 Å². The number of rotatable bonds is 6. The van der Waals surface area contributed by atoms with Crippen LogP contribution in [-0.2, 0) is 11.8 Å². The summed E-state index contributed by atoms with van der Waals surface area (Å²) in [7, 11) is 1.88. The van der Waals surface area contributed by atoms with E-state index in [1.54, 1.807) is 12.1 Å². The third-order valence-electron chi connectivity index (χ3n) is 3.95. The summed E-state index contributed by atoms with van der Waals surface area (Å²) in [5.41, 5.74) is 1.83. The second kappa shape index (κ2) is 8.14. The monoisotopic (exact) mass is 370 g/mol. The number of hydrogen-bond acceptors (Lipinski definition) is 4. The normalized spacial score (nSPS) is 12.0. The van der Waals surface area contributed by atoms with Crippen molar-refractivity contribution in [1.29, 1.82) is 0 Å². The fourth-order valence-electron chi connectivity index (χ4n) is 2.53. The molecule has 0 saturated heterocycles. The van der Waals surface area contributed by atoms with Gasteiger partial charge in [0.05, 0.1) is 11.8 Å². The van der Waals surface area contributed by atoms with E-state index in [9.17, 15) is 9.18 Å². The number of amides is 1. The number of thioether (sulfide) groups is 1. The van der Waals surface area contributed by atoms with Crippen molar-refractivity contribution in [2.45, 2.75) is 18.1 Å². The van der Waals surface area contributed by atoms with Gasteiger partial charge in [-0.15, -0.1) is 10.2 Å². The molecule has 1 heterocycles. The number of benzene rings is 2. The van der Waals surface area contributed by atoms with Gasteiger partial charge >= 0.3 is 0 Å². The van der Waals surface area contributed by atoms with Crippen molar-refractivity contribution in [3.63, 3.8) is 0 Å². The maximum Gasteiger partial charge on any atom is 0.230 e. The van der Waals surface area contributed by atoms with Crippen LogP contribution in [0.4, 0.5) is 4.39 Å². The van der Waals surface area contributed by atoms with E-state index in [1.807, 2.05) is 48.9 Å². The summed E-state index contributed by atoms with van der Waals surface area (Å²) in [4.78, 5) is 12.2. The number of hydrogen-bond donors (Lipinski definition) is 1. The molecule has 3 rings (SSSR count). The second-order valence-electron chi connectivity index (χ2n) is 5.86. The number of nitrogens with one attached hydrogen (secondary N) is 1. The van der Waals surface area contributed by atoms with Gasteiger partial charge in [0.25, 0.3) is 0 Å². The lowest BCUT2D eigenvalue weighted by Crippen LogP contribution is -2.28. The van der Waals surface area contributed by atoms with Gasteiger partial charge in [0.2, 0.25) is 5.91 Å². The van der Waals surface area contributed by atoms with Gasteiger partial charge in [0.15, 0.2) is 11.0 Å². The lowest BCUT2D eigenvalue weighted by atomic mass is 10.1. The zero-order valence-corrected chi connectivity index (χ0v) is 15.3. The SMILES string of the molecule is C[C@@H](NC(=O)CSc1nnc(-c2ccccc2)n1C)c1ccc(F)cc1. The molecule has 134 valence electrons. The molecule has 1 aromatic heterocycles. The summed E-state index contributed by atoms with van der Waals surface area (Å²) < 4.78 is 14.8. The van der Waals surface area contributed by atoms with Crippen molar-refractivity contribution in [2.24, 2.45) is 7.05 Å². The molecular weight excluding hydrogens is 351 g/mol. The number of nitrogens with zero attached hydrogens (tertiary/aromatic N) is 3. The van der Waals surface area contributed by atoms with Crippen LogP contribution in [0.2, 0.25) is 0 Å². The highest BCUT2D eigenvalue weighted by Crippen LogP contribution is 2.22. The van der Waals surface area contributed by atoms with E-state index < -0.39 is 0 Å². The highest BCUT2D eigenvalue weighted by molar-refractivity contribution is 7.99. The highest BCUT2D eigenvalue weighted by atomic mass is 32.2. The molecule has 1 atom stereocenters. The minimum Gasteiger partial charge on any atom is -0.349 e. The smallest absolute Gasteiger partial charge is 0.230 e. The second-order valence-corrected chi connectivity index (χ2v) is 6.80. The van der Waals surface area contributed by atoms with Gasteiger partial charge in [-0.1, -0.05) is 54.2 Å². The Kier molecular flexibility index (Phi) is 5.68. The van der Waals surface area contributed by atoms with Gasteiger partial charge in [-0.05, 0) is 24.6 Å². The first-order valence-electron chi connectivity index (χ1n) is 8.17. The Hall–Kier alpha value is -2.67. The van der Waals surface area contributed by atoms with Gasteiger partial charge in [-0.3, -0.25) is 4.79 Å². The van der Waals surface area contributed by atoms with E-state index in [-0.39, 0.29) is 23.5 Å². The molecule has 26 heavy (non-hydrogen) atoms. The summed E-state index contributed by atoms with van der Waals surface area (Å²) in [6, 6.07) is 15.7. The maximum absolute atomic E-state index is 13.0. The van der Waals surface area contributed by atoms with Crippen LogP contribution in [0.15, 0.2) is 59.8 Å². The minimum absolute atomic E-state index is 0.115. The molecule has 0 unspecified atom stereocenters. The summed E-state index contributed by atoms with van der Waals surface area (Å²) in [5, 5.41) is 11.9. The molecule has 0 bridgehead atoms. The molecule has 0 radical (unpaired) electrons. The molecule has 1 amide bonds. The molecule has 0 saturated carbocycles. The zero-order valence-electron chi connectivity index (χ0n) is 14.5. The van der Waals surface area contributed by atoms with Gasteiger partial charge in [0.1, 0.15) is 5.82 Å². The first-order valence-corrected chi connectivity index (χ1v) is 9.15. The standard InChI is InChI=1S/C19H19FN4OS/c1-13(14-8-10-16(20)11-9-14)21-17(25)12-26-19-23-22-18(24(19)2)15-6-4-3-5-7-15/h3-11,13H,12H2,1-2H3,(H,21,25)/t13-/m1/s1. The van der Waals surface area contributed by atoms with Crippen molar-refractivity contribution in [3.8, 4) is 11.4 Å². The lowest BCUT2D eigenvalue weighted by Gasteiger charge is -2.14. The van der Waals surface area contributed by atoms with E-state index in [0.717, 1.165) is 17.0 Å². The average molecular weight is 370 g/mol. The first kappa shape index (κ1) is 18.1. The van der Waals surface area contributed by atoms with E-state index >= 15 is 0 Å². The third kappa shape index (κ3) is 4.29. The molecule has 7 heteroatoms. The quantitative estimate of drug-likeness (QED) is 0.674.